The average Bonchev–Trinajstić information content (AvgIpc) is 2.67. The second kappa shape index (κ2) is 6.62. The van der Waals surface area contributed by atoms with Gasteiger partial charge in [-0.05, 0) is 45.4 Å². The normalized spacial score (nSPS) is 21.7. The molecule has 0 aliphatic heterocycles. The molecule has 0 saturated heterocycles. The first-order valence-corrected chi connectivity index (χ1v) is 6.71. The third kappa shape index (κ3) is 6.29. The highest BCUT2D eigenvalue weighted by atomic mass is 19.4. The van der Waals surface area contributed by atoms with Crippen LogP contribution in [0.2, 0.25) is 0 Å². The molecule has 0 aromatic heterocycles. The number of hydrogen-bond donors (Lipinski definition) is 1. The van der Waals surface area contributed by atoms with Gasteiger partial charge in [0.05, 0.1) is 0 Å². The first-order valence-electron chi connectivity index (χ1n) is 6.71. The van der Waals surface area contributed by atoms with Crippen LogP contribution in [-0.4, -0.2) is 18.3 Å². The Bertz CT molecular complexity index is 209. The number of rotatable bonds is 6. The minimum atomic E-state index is -4.00. The van der Waals surface area contributed by atoms with E-state index in [2.05, 4.69) is 12.2 Å². The van der Waals surface area contributed by atoms with Crippen molar-refractivity contribution in [3.8, 4) is 0 Å². The van der Waals surface area contributed by atoms with Crippen molar-refractivity contribution < 1.29 is 13.2 Å². The monoisotopic (exact) mass is 251 g/mol. The predicted octanol–water partition coefficient (Wildman–Crippen LogP) is 4.28. The average molecular weight is 251 g/mol. The van der Waals surface area contributed by atoms with E-state index in [1.165, 1.54) is 25.7 Å². The van der Waals surface area contributed by atoms with Crippen molar-refractivity contribution >= 4 is 0 Å². The Morgan fingerprint density at radius 2 is 1.76 bits per heavy atom. The lowest BCUT2D eigenvalue weighted by atomic mass is 9.98. The van der Waals surface area contributed by atoms with E-state index >= 15 is 0 Å². The van der Waals surface area contributed by atoms with Crippen molar-refractivity contribution in [3.05, 3.63) is 0 Å². The fourth-order valence-corrected chi connectivity index (χ4v) is 2.73. The van der Waals surface area contributed by atoms with Gasteiger partial charge in [0.1, 0.15) is 0 Å². The highest BCUT2D eigenvalue weighted by molar-refractivity contribution is 4.79. The van der Waals surface area contributed by atoms with Crippen molar-refractivity contribution in [2.45, 2.75) is 77.1 Å². The molecule has 0 radical (unpaired) electrons. The van der Waals surface area contributed by atoms with Gasteiger partial charge in [-0.3, -0.25) is 0 Å². The molecule has 1 rings (SSSR count). The lowest BCUT2D eigenvalue weighted by Gasteiger charge is -2.25. The maximum absolute atomic E-state index is 12.0. The Balaban J connectivity index is 2.13. The van der Waals surface area contributed by atoms with Gasteiger partial charge in [-0.1, -0.05) is 12.8 Å². The van der Waals surface area contributed by atoms with Gasteiger partial charge in [-0.2, -0.15) is 13.2 Å². The van der Waals surface area contributed by atoms with Gasteiger partial charge >= 0.3 is 6.18 Å². The summed E-state index contributed by atoms with van der Waals surface area (Å²) in [6, 6.07) is 0.631. The van der Waals surface area contributed by atoms with Crippen LogP contribution in [0.3, 0.4) is 0 Å². The zero-order chi connectivity index (χ0) is 12.9. The summed E-state index contributed by atoms with van der Waals surface area (Å²) in [6.07, 6.45) is 1.32. The molecule has 0 bridgehead atoms. The second-order valence-electron chi connectivity index (χ2n) is 5.41. The Kier molecular flexibility index (Phi) is 5.77. The second-order valence-corrected chi connectivity index (χ2v) is 5.41. The van der Waals surface area contributed by atoms with Crippen LogP contribution < -0.4 is 5.32 Å². The van der Waals surface area contributed by atoms with E-state index < -0.39 is 12.6 Å². The number of nitrogens with one attached hydrogen (secondary N) is 1. The van der Waals surface area contributed by atoms with E-state index in [-0.39, 0.29) is 12.5 Å². The molecular weight excluding hydrogens is 227 g/mol. The number of hydrogen-bond acceptors (Lipinski definition) is 1. The van der Waals surface area contributed by atoms with E-state index in [0.717, 1.165) is 5.92 Å². The zero-order valence-corrected chi connectivity index (χ0v) is 10.8. The van der Waals surface area contributed by atoms with Crippen LogP contribution in [-0.2, 0) is 0 Å². The first-order chi connectivity index (χ1) is 7.88. The molecule has 4 heteroatoms. The highest BCUT2D eigenvalue weighted by Crippen LogP contribution is 2.28. The van der Waals surface area contributed by atoms with Gasteiger partial charge in [0.2, 0.25) is 0 Å². The van der Waals surface area contributed by atoms with Crippen LogP contribution in [0.1, 0.15) is 58.8 Å². The zero-order valence-electron chi connectivity index (χ0n) is 10.8. The maximum atomic E-state index is 12.0. The lowest BCUT2D eigenvalue weighted by molar-refractivity contribution is -0.135. The van der Waals surface area contributed by atoms with Crippen LogP contribution in [0, 0.1) is 5.92 Å². The summed E-state index contributed by atoms with van der Waals surface area (Å²) >= 11 is 0. The van der Waals surface area contributed by atoms with Gasteiger partial charge in [-0.25, -0.2) is 0 Å². The van der Waals surface area contributed by atoms with Crippen LogP contribution in [0.4, 0.5) is 13.2 Å². The van der Waals surface area contributed by atoms with E-state index in [0.29, 0.717) is 12.5 Å². The summed E-state index contributed by atoms with van der Waals surface area (Å²) in [6.45, 7) is 4.15. The molecule has 1 unspecified atom stereocenters. The van der Waals surface area contributed by atoms with Crippen LogP contribution in [0.5, 0.6) is 0 Å². The lowest BCUT2D eigenvalue weighted by Crippen LogP contribution is -2.38. The van der Waals surface area contributed by atoms with Gasteiger partial charge in [0.15, 0.2) is 0 Å². The molecule has 1 nitrogen and oxygen atoms in total. The van der Waals surface area contributed by atoms with E-state index in [9.17, 15) is 13.2 Å². The van der Waals surface area contributed by atoms with Crippen LogP contribution in [0.15, 0.2) is 0 Å². The Morgan fingerprint density at radius 3 is 2.29 bits per heavy atom. The molecule has 2 atom stereocenters. The third-order valence-electron chi connectivity index (χ3n) is 3.75. The number of halogens is 3. The molecule has 0 spiro atoms. The molecule has 102 valence electrons. The summed E-state index contributed by atoms with van der Waals surface area (Å²) in [5, 5.41) is 3.44. The molecule has 1 fully saturated rings. The predicted molar refractivity (Wildman–Crippen MR) is 63.9 cm³/mol. The molecule has 0 amide bonds. The molecular formula is C13H24F3N. The molecule has 1 aliphatic rings. The maximum Gasteiger partial charge on any atom is 0.389 e. The fraction of sp³-hybridized carbons (Fsp3) is 1.00. The first kappa shape index (κ1) is 14.8. The number of alkyl halides is 3. The van der Waals surface area contributed by atoms with Crippen molar-refractivity contribution in [2.75, 3.05) is 0 Å². The minimum Gasteiger partial charge on any atom is -0.312 e. The molecule has 1 saturated carbocycles. The summed E-state index contributed by atoms with van der Waals surface area (Å²) < 4.78 is 36.0. The third-order valence-corrected chi connectivity index (χ3v) is 3.75. The SMILES string of the molecule is CC(CCCC(F)(F)F)N[C@@H](C)C1CCCC1. The molecule has 17 heavy (non-hydrogen) atoms. The fourth-order valence-electron chi connectivity index (χ4n) is 2.73. The smallest absolute Gasteiger partial charge is 0.312 e. The molecule has 0 aromatic rings. The van der Waals surface area contributed by atoms with Crippen molar-refractivity contribution in [2.24, 2.45) is 5.92 Å². The van der Waals surface area contributed by atoms with E-state index in [4.69, 9.17) is 0 Å². The molecule has 1 aliphatic carbocycles. The van der Waals surface area contributed by atoms with Crippen LogP contribution >= 0.6 is 0 Å². The molecule has 0 heterocycles. The van der Waals surface area contributed by atoms with Crippen molar-refractivity contribution in [1.29, 1.82) is 0 Å². The molecule has 0 aromatic carbocycles. The topological polar surface area (TPSA) is 12.0 Å². The van der Waals surface area contributed by atoms with E-state index in [1.807, 2.05) is 6.92 Å². The van der Waals surface area contributed by atoms with Crippen molar-refractivity contribution in [3.63, 3.8) is 0 Å². The van der Waals surface area contributed by atoms with Crippen molar-refractivity contribution in [1.82, 2.24) is 5.32 Å². The standard InChI is InChI=1S/C13H24F3N/c1-10(6-5-9-13(14,15)16)17-11(2)12-7-3-4-8-12/h10-12,17H,3-9H2,1-2H3/t10?,11-/m0/s1. The summed E-state index contributed by atoms with van der Waals surface area (Å²) in [4.78, 5) is 0. The molecule has 1 N–H and O–H groups in total. The summed E-state index contributed by atoms with van der Waals surface area (Å²) in [7, 11) is 0. The van der Waals surface area contributed by atoms with Gasteiger partial charge in [0, 0.05) is 18.5 Å². The van der Waals surface area contributed by atoms with E-state index in [1.54, 1.807) is 0 Å². The van der Waals surface area contributed by atoms with Gasteiger partial charge in [0.25, 0.3) is 0 Å². The van der Waals surface area contributed by atoms with Gasteiger partial charge in [-0.15, -0.1) is 0 Å². The summed E-state index contributed by atoms with van der Waals surface area (Å²) in [5.41, 5.74) is 0. The van der Waals surface area contributed by atoms with Gasteiger partial charge < -0.3 is 5.32 Å². The largest absolute Gasteiger partial charge is 0.389 e. The minimum absolute atomic E-state index is 0.188. The highest BCUT2D eigenvalue weighted by Gasteiger charge is 2.27. The summed E-state index contributed by atoms with van der Waals surface area (Å²) in [5.74, 6) is 0.722. The quantitative estimate of drug-likeness (QED) is 0.743. The Morgan fingerprint density at radius 1 is 1.18 bits per heavy atom. The Hall–Kier alpha value is -0.250. The Labute approximate surface area is 102 Å². The van der Waals surface area contributed by atoms with Crippen LogP contribution in [0.25, 0.3) is 0 Å².